The van der Waals surface area contributed by atoms with Crippen LogP contribution in [-0.2, 0) is 52.3 Å². The topological polar surface area (TPSA) is 248 Å². The van der Waals surface area contributed by atoms with Crippen LogP contribution in [0.25, 0.3) is 11.1 Å². The van der Waals surface area contributed by atoms with E-state index in [1.807, 2.05) is 109 Å². The van der Waals surface area contributed by atoms with Crippen molar-refractivity contribution >= 4 is 41.6 Å². The Labute approximate surface area is 389 Å². The van der Waals surface area contributed by atoms with E-state index < -0.39 is 81.5 Å². The van der Waals surface area contributed by atoms with Gasteiger partial charge in [-0.15, -0.1) is 0 Å². The maximum Gasteiger partial charge on any atom is 0.412 e. The summed E-state index contributed by atoms with van der Waals surface area (Å²) in [5, 5.41) is 0. The third kappa shape index (κ3) is 6.50. The molecule has 1 aromatic heterocycles. The fourth-order valence-electron chi connectivity index (χ4n) is 13.7. The minimum Gasteiger partial charge on any atom is -0.375 e. The van der Waals surface area contributed by atoms with E-state index in [4.69, 9.17) is 32.4 Å². The Morgan fingerprint density at radius 1 is 0.642 bits per heavy atom. The smallest absolute Gasteiger partial charge is 0.375 e. The Morgan fingerprint density at radius 2 is 1.15 bits per heavy atom. The molecule has 3 aliphatic heterocycles. The molecule has 16 heteroatoms. The molecule has 6 unspecified atom stereocenters. The van der Waals surface area contributed by atoms with E-state index in [-0.39, 0.29) is 31.8 Å². The number of hydrogen-bond donors (Lipinski definition) is 4. The summed E-state index contributed by atoms with van der Waals surface area (Å²) in [6.07, 6.45) is 4.02. The van der Waals surface area contributed by atoms with E-state index in [1.54, 1.807) is 12.4 Å². The first kappa shape index (κ1) is 45.5. The molecule has 350 valence electrons. The first-order valence-electron chi connectivity index (χ1n) is 23.0. The van der Waals surface area contributed by atoms with Crippen LogP contribution >= 0.6 is 0 Å². The van der Waals surface area contributed by atoms with E-state index in [2.05, 4.69) is 23.7 Å². The molecule has 8 N–H and O–H groups in total. The normalized spacial score (nSPS) is 29.5. The van der Waals surface area contributed by atoms with Gasteiger partial charge in [0, 0.05) is 60.1 Å². The second kappa shape index (κ2) is 16.3. The van der Waals surface area contributed by atoms with Crippen LogP contribution in [0.5, 0.6) is 0 Å². The fraction of sp³-hybridized carbons (Fsp3) is 0.431. The first-order valence-corrected chi connectivity index (χ1v) is 23.0. The van der Waals surface area contributed by atoms with E-state index in [1.165, 1.54) is 0 Å². The standard InChI is InChI=1S/C51H58N8O8/c1-30-26-39(38-9-6-24-57(38)50(41(52)60,43(62)66-45(54)64)47(2)27-31-11-17-35(47)18-12-31)59(37-21-15-33(16-22-37)34-8-5-23-56-29-34)49(30,4)40-10-7-25-58(40)51(42(53)61,44(63)67-46(55)65)48(3)28-32-13-19-36(48)20-14-32/h5,8,11-23,29-30,38-40H,6-7,9-10,24-28H2,1-4H3,(H2,52,60)(H2,53,61)(H2,54,64)(H2,55,65)/t30?,38?,39?,40?,47?,48?,49-,50+,51+/m1/s1. The monoisotopic (exact) mass is 910 g/mol. The van der Waals surface area contributed by atoms with Gasteiger partial charge in [-0.25, -0.2) is 19.2 Å². The predicted octanol–water partition coefficient (Wildman–Crippen LogP) is 4.37. The molecular formula is C51H58N8O8. The number of carbonyl (C=O) groups excluding carboxylic acids is 6. The summed E-state index contributed by atoms with van der Waals surface area (Å²) in [5.41, 5.74) is 22.1. The van der Waals surface area contributed by atoms with Gasteiger partial charge in [0.2, 0.25) is 11.1 Å². The zero-order chi connectivity index (χ0) is 47.8. The molecule has 67 heavy (non-hydrogen) atoms. The van der Waals surface area contributed by atoms with Crippen molar-refractivity contribution in [1.82, 2.24) is 14.8 Å². The van der Waals surface area contributed by atoms with Crippen LogP contribution in [0, 0.1) is 5.92 Å². The van der Waals surface area contributed by atoms with Crippen LogP contribution < -0.4 is 27.8 Å². The molecule has 4 aromatic rings. The number of likely N-dealkylation sites (tertiary alicyclic amines) is 2. The second-order valence-electron chi connectivity index (χ2n) is 19.8. The van der Waals surface area contributed by atoms with E-state index in [9.17, 15) is 28.8 Å². The molecule has 3 aromatic carbocycles. The van der Waals surface area contributed by atoms with Crippen LogP contribution in [0.4, 0.5) is 15.3 Å². The average Bonchev–Trinajstić information content (AvgIpc) is 4.04. The third-order valence-corrected chi connectivity index (χ3v) is 16.7. The lowest BCUT2D eigenvalue weighted by molar-refractivity contribution is -0.167. The van der Waals surface area contributed by atoms with Crippen molar-refractivity contribution in [3.63, 3.8) is 0 Å². The number of anilines is 1. The molecule has 11 rings (SSSR count). The summed E-state index contributed by atoms with van der Waals surface area (Å²) in [7, 11) is 0. The van der Waals surface area contributed by atoms with Crippen LogP contribution in [0.3, 0.4) is 0 Å². The quantitative estimate of drug-likeness (QED) is 0.114. The number of hydrogen-bond acceptors (Lipinski definition) is 12. The van der Waals surface area contributed by atoms with Gasteiger partial charge in [0.05, 0.1) is 5.54 Å². The molecule has 0 saturated carbocycles. The molecule has 4 amide bonds. The van der Waals surface area contributed by atoms with Crippen molar-refractivity contribution in [3.05, 3.63) is 120 Å². The van der Waals surface area contributed by atoms with Gasteiger partial charge in [-0.2, -0.15) is 0 Å². The Bertz CT molecular complexity index is 2650. The highest BCUT2D eigenvalue weighted by Gasteiger charge is 2.72. The summed E-state index contributed by atoms with van der Waals surface area (Å²) in [6.45, 7) is 8.41. The maximum atomic E-state index is 14.9. The molecule has 4 aliphatic carbocycles. The summed E-state index contributed by atoms with van der Waals surface area (Å²) in [5.74, 6) is -4.41. The van der Waals surface area contributed by atoms with E-state index in [0.29, 0.717) is 43.2 Å². The number of carbonyl (C=O) groups is 6. The number of esters is 2. The van der Waals surface area contributed by atoms with Crippen molar-refractivity contribution in [2.24, 2.45) is 28.9 Å². The van der Waals surface area contributed by atoms with Crippen molar-refractivity contribution in [2.75, 3.05) is 18.0 Å². The molecule has 16 nitrogen and oxygen atoms in total. The number of nitrogens with zero attached hydrogens (tertiary/aromatic N) is 4. The molecule has 3 fully saturated rings. The molecule has 3 saturated heterocycles. The lowest BCUT2D eigenvalue weighted by Crippen LogP contribution is -2.78. The highest BCUT2D eigenvalue weighted by atomic mass is 16.6. The highest BCUT2D eigenvalue weighted by molar-refractivity contribution is 6.12. The van der Waals surface area contributed by atoms with Crippen LogP contribution in [0.15, 0.2) is 97.3 Å². The lowest BCUT2D eigenvalue weighted by atomic mass is 9.58. The SMILES string of the molecule is CC1CC(C2CCCN2[C@@](C(N)=O)(C(=O)OC(N)=O)C2(C)Cc3ccc2cc3)N(c2ccc(-c3cccnc3)cc2)[C@@]1(C)C1CCCN1[C@@](C(N)=O)(C(=O)OC(N)=O)C1(C)Cc2ccc1cc2. The van der Waals surface area contributed by atoms with Gasteiger partial charge in [-0.3, -0.25) is 24.4 Å². The van der Waals surface area contributed by atoms with Gasteiger partial charge < -0.3 is 37.3 Å². The number of fused-ring (bicyclic) bond motifs is 6. The summed E-state index contributed by atoms with van der Waals surface area (Å²) >= 11 is 0. The van der Waals surface area contributed by atoms with Gasteiger partial charge >= 0.3 is 24.1 Å². The Hall–Kier alpha value is -6.65. The predicted molar refractivity (Wildman–Crippen MR) is 248 cm³/mol. The number of primary amides is 4. The van der Waals surface area contributed by atoms with Crippen LogP contribution in [-0.4, -0.2) is 98.6 Å². The number of amides is 4. The first-order chi connectivity index (χ1) is 31.8. The number of ether oxygens (including phenoxy) is 2. The summed E-state index contributed by atoms with van der Waals surface area (Å²) < 4.78 is 10.6. The van der Waals surface area contributed by atoms with Crippen molar-refractivity contribution in [2.45, 2.75) is 118 Å². The molecule has 4 bridgehead atoms. The molecule has 0 spiro atoms. The second-order valence-corrected chi connectivity index (χ2v) is 19.8. The maximum absolute atomic E-state index is 14.9. The van der Waals surface area contributed by atoms with Crippen LogP contribution in [0.1, 0.15) is 82.1 Å². The number of nitrogens with two attached hydrogens (primary N) is 4. The minimum absolute atomic E-state index is 0.198. The van der Waals surface area contributed by atoms with E-state index in [0.717, 1.165) is 27.9 Å². The Balaban J connectivity index is 1.23. The van der Waals surface area contributed by atoms with Crippen LogP contribution in [0.2, 0.25) is 0 Å². The number of rotatable bonds is 12. The fourth-order valence-corrected chi connectivity index (χ4v) is 13.7. The van der Waals surface area contributed by atoms with Crippen molar-refractivity contribution in [3.8, 4) is 11.1 Å². The van der Waals surface area contributed by atoms with Gasteiger partial charge in [0.25, 0.3) is 11.8 Å². The largest absolute Gasteiger partial charge is 0.412 e. The van der Waals surface area contributed by atoms with Gasteiger partial charge in [-0.1, -0.05) is 87.5 Å². The molecule has 7 aliphatic rings. The Kier molecular flexibility index (Phi) is 11.1. The molecule has 0 radical (unpaired) electrons. The minimum atomic E-state index is -2.21. The Morgan fingerprint density at radius 3 is 1.61 bits per heavy atom. The van der Waals surface area contributed by atoms with Gasteiger partial charge in [0.1, 0.15) is 0 Å². The van der Waals surface area contributed by atoms with Crippen molar-refractivity contribution < 1.29 is 38.2 Å². The van der Waals surface area contributed by atoms with E-state index >= 15 is 0 Å². The lowest BCUT2D eigenvalue weighted by Gasteiger charge is -2.58. The average molecular weight is 911 g/mol. The summed E-state index contributed by atoms with van der Waals surface area (Å²) in [6, 6.07) is 25.6. The van der Waals surface area contributed by atoms with Crippen molar-refractivity contribution in [1.29, 1.82) is 0 Å². The van der Waals surface area contributed by atoms with Gasteiger partial charge in [-0.05, 0) is 109 Å². The molecule has 9 atom stereocenters. The number of aromatic nitrogens is 1. The number of benzene rings is 3. The van der Waals surface area contributed by atoms with Gasteiger partial charge in [0.15, 0.2) is 0 Å². The third-order valence-electron chi connectivity index (χ3n) is 16.7. The highest BCUT2D eigenvalue weighted by Crippen LogP contribution is 2.57. The molecule has 4 heterocycles. The number of pyridine rings is 1. The zero-order valence-corrected chi connectivity index (χ0v) is 38.3. The molecular weight excluding hydrogens is 853 g/mol. The zero-order valence-electron chi connectivity index (χ0n) is 38.3. The summed E-state index contributed by atoms with van der Waals surface area (Å²) in [4.78, 5) is 94.5.